The number of fused-ring (bicyclic) bond motifs is 1. The number of hydrogen-bond acceptors (Lipinski definition) is 0. The van der Waals surface area contributed by atoms with Crippen molar-refractivity contribution >= 4 is 0 Å². The molecule has 0 N–H and O–H groups in total. The van der Waals surface area contributed by atoms with E-state index in [0.717, 1.165) is 0 Å². The smallest absolute Gasteiger partial charge is 0.0177 e. The SMILES string of the molecule is Cc1ccc2c(c1)CCCC2(C)c1ccccc1. The van der Waals surface area contributed by atoms with E-state index in [-0.39, 0.29) is 5.41 Å². The molecular weight excluding hydrogens is 216 g/mol. The average Bonchev–Trinajstić information content (AvgIpc) is 2.40. The summed E-state index contributed by atoms with van der Waals surface area (Å²) in [4.78, 5) is 0. The molecule has 1 atom stereocenters. The highest BCUT2D eigenvalue weighted by Gasteiger charge is 2.33. The molecule has 2 aromatic carbocycles. The predicted molar refractivity (Wildman–Crippen MR) is 77.0 cm³/mol. The van der Waals surface area contributed by atoms with Crippen molar-refractivity contribution in [3.8, 4) is 0 Å². The Kier molecular flexibility index (Phi) is 2.74. The third-order valence-corrected chi connectivity index (χ3v) is 4.39. The van der Waals surface area contributed by atoms with Gasteiger partial charge in [0.25, 0.3) is 0 Å². The molecule has 0 bridgehead atoms. The summed E-state index contributed by atoms with van der Waals surface area (Å²) in [5, 5.41) is 0. The van der Waals surface area contributed by atoms with E-state index in [1.165, 1.54) is 36.0 Å². The van der Waals surface area contributed by atoms with Crippen LogP contribution in [-0.2, 0) is 11.8 Å². The van der Waals surface area contributed by atoms with Gasteiger partial charge in [-0.3, -0.25) is 0 Å². The van der Waals surface area contributed by atoms with Gasteiger partial charge >= 0.3 is 0 Å². The summed E-state index contributed by atoms with van der Waals surface area (Å²) in [6, 6.07) is 17.9. The van der Waals surface area contributed by atoms with Gasteiger partial charge in [-0.05, 0) is 42.9 Å². The van der Waals surface area contributed by atoms with Crippen LogP contribution in [0.2, 0.25) is 0 Å². The molecule has 18 heavy (non-hydrogen) atoms. The van der Waals surface area contributed by atoms with Crippen molar-refractivity contribution in [2.75, 3.05) is 0 Å². The Morgan fingerprint density at radius 1 is 1.00 bits per heavy atom. The molecule has 0 heteroatoms. The summed E-state index contributed by atoms with van der Waals surface area (Å²) >= 11 is 0. The van der Waals surface area contributed by atoms with Gasteiger partial charge in [-0.1, -0.05) is 61.0 Å². The molecule has 0 nitrogen and oxygen atoms in total. The fourth-order valence-electron chi connectivity index (χ4n) is 3.34. The van der Waals surface area contributed by atoms with Gasteiger partial charge in [0.2, 0.25) is 0 Å². The molecule has 0 spiro atoms. The molecule has 0 amide bonds. The Balaban J connectivity index is 2.16. The molecule has 1 aliphatic carbocycles. The number of rotatable bonds is 1. The van der Waals surface area contributed by atoms with E-state index in [9.17, 15) is 0 Å². The number of benzene rings is 2. The van der Waals surface area contributed by atoms with Crippen molar-refractivity contribution in [2.45, 2.75) is 38.5 Å². The van der Waals surface area contributed by atoms with Crippen LogP contribution in [0.3, 0.4) is 0 Å². The summed E-state index contributed by atoms with van der Waals surface area (Å²) in [6.45, 7) is 4.59. The summed E-state index contributed by atoms with van der Waals surface area (Å²) in [7, 11) is 0. The quantitative estimate of drug-likeness (QED) is 0.676. The van der Waals surface area contributed by atoms with Crippen LogP contribution in [0, 0.1) is 6.92 Å². The van der Waals surface area contributed by atoms with Crippen LogP contribution >= 0.6 is 0 Å². The van der Waals surface area contributed by atoms with Crippen molar-refractivity contribution in [3.63, 3.8) is 0 Å². The number of hydrogen-bond donors (Lipinski definition) is 0. The predicted octanol–water partition coefficient (Wildman–Crippen LogP) is 4.64. The molecule has 1 aliphatic rings. The Labute approximate surface area is 110 Å². The Hall–Kier alpha value is -1.56. The maximum absolute atomic E-state index is 2.40. The first-order chi connectivity index (χ1) is 8.70. The van der Waals surface area contributed by atoms with Crippen LogP contribution in [0.5, 0.6) is 0 Å². The maximum atomic E-state index is 2.40. The summed E-state index contributed by atoms with van der Waals surface area (Å²) in [5.41, 5.74) is 6.11. The van der Waals surface area contributed by atoms with Crippen molar-refractivity contribution in [1.29, 1.82) is 0 Å². The average molecular weight is 236 g/mol. The van der Waals surface area contributed by atoms with Crippen molar-refractivity contribution < 1.29 is 0 Å². The zero-order valence-corrected chi connectivity index (χ0v) is 11.2. The largest absolute Gasteiger partial charge is 0.0622 e. The zero-order valence-electron chi connectivity index (χ0n) is 11.2. The van der Waals surface area contributed by atoms with E-state index in [4.69, 9.17) is 0 Å². The third kappa shape index (κ3) is 1.77. The van der Waals surface area contributed by atoms with Gasteiger partial charge in [-0.15, -0.1) is 0 Å². The molecular formula is C18H20. The van der Waals surface area contributed by atoms with E-state index < -0.39 is 0 Å². The molecule has 0 aliphatic heterocycles. The maximum Gasteiger partial charge on any atom is 0.0177 e. The van der Waals surface area contributed by atoms with Crippen molar-refractivity contribution in [3.05, 3.63) is 70.8 Å². The molecule has 0 fully saturated rings. The van der Waals surface area contributed by atoms with Crippen LogP contribution in [0.4, 0.5) is 0 Å². The first kappa shape index (κ1) is 11.5. The van der Waals surface area contributed by atoms with Gasteiger partial charge in [-0.25, -0.2) is 0 Å². The molecule has 1 unspecified atom stereocenters. The molecule has 0 heterocycles. The van der Waals surface area contributed by atoms with Gasteiger partial charge in [-0.2, -0.15) is 0 Å². The highest BCUT2D eigenvalue weighted by atomic mass is 14.4. The summed E-state index contributed by atoms with van der Waals surface area (Å²) in [6.07, 6.45) is 3.79. The second kappa shape index (κ2) is 4.28. The Bertz CT molecular complexity index is 554. The molecule has 2 aromatic rings. The molecule has 92 valence electrons. The van der Waals surface area contributed by atoms with Crippen molar-refractivity contribution in [2.24, 2.45) is 0 Å². The summed E-state index contributed by atoms with van der Waals surface area (Å²) in [5.74, 6) is 0. The van der Waals surface area contributed by atoms with E-state index in [1.807, 2.05) is 0 Å². The normalized spacial score (nSPS) is 22.6. The topological polar surface area (TPSA) is 0 Å². The second-order valence-electron chi connectivity index (χ2n) is 5.71. The number of aryl methyl sites for hydroxylation is 2. The fourth-order valence-corrected chi connectivity index (χ4v) is 3.34. The van der Waals surface area contributed by atoms with Gasteiger partial charge < -0.3 is 0 Å². The van der Waals surface area contributed by atoms with Gasteiger partial charge in [0.1, 0.15) is 0 Å². The second-order valence-corrected chi connectivity index (χ2v) is 5.71. The van der Waals surface area contributed by atoms with Crippen LogP contribution in [0.25, 0.3) is 0 Å². The van der Waals surface area contributed by atoms with Crippen LogP contribution in [0.1, 0.15) is 42.0 Å². The standard InChI is InChI=1S/C18H20/c1-14-10-11-17-15(13-14)7-6-12-18(17,2)16-8-4-3-5-9-16/h3-5,8-11,13H,6-7,12H2,1-2H3. The third-order valence-electron chi connectivity index (χ3n) is 4.39. The van der Waals surface area contributed by atoms with Crippen LogP contribution in [-0.4, -0.2) is 0 Å². The monoisotopic (exact) mass is 236 g/mol. The first-order valence-corrected chi connectivity index (χ1v) is 6.86. The van der Waals surface area contributed by atoms with Gasteiger partial charge in [0, 0.05) is 5.41 Å². The highest BCUT2D eigenvalue weighted by molar-refractivity contribution is 5.46. The van der Waals surface area contributed by atoms with Crippen LogP contribution < -0.4 is 0 Å². The lowest BCUT2D eigenvalue weighted by Gasteiger charge is -2.37. The minimum absolute atomic E-state index is 0.197. The first-order valence-electron chi connectivity index (χ1n) is 6.86. The van der Waals surface area contributed by atoms with Crippen LogP contribution in [0.15, 0.2) is 48.5 Å². The molecule has 0 saturated carbocycles. The minimum atomic E-state index is 0.197. The summed E-state index contributed by atoms with van der Waals surface area (Å²) < 4.78 is 0. The lowest BCUT2D eigenvalue weighted by Crippen LogP contribution is -2.28. The van der Waals surface area contributed by atoms with E-state index in [0.29, 0.717) is 0 Å². The highest BCUT2D eigenvalue weighted by Crippen LogP contribution is 2.42. The van der Waals surface area contributed by atoms with Gasteiger partial charge in [0.05, 0.1) is 0 Å². The van der Waals surface area contributed by atoms with E-state index in [2.05, 4.69) is 62.4 Å². The Morgan fingerprint density at radius 3 is 2.56 bits per heavy atom. The Morgan fingerprint density at radius 2 is 1.78 bits per heavy atom. The van der Waals surface area contributed by atoms with Gasteiger partial charge in [0.15, 0.2) is 0 Å². The lowest BCUT2D eigenvalue weighted by molar-refractivity contribution is 0.465. The zero-order chi connectivity index (χ0) is 12.6. The van der Waals surface area contributed by atoms with E-state index in [1.54, 1.807) is 5.56 Å². The molecule has 0 aromatic heterocycles. The molecule has 3 rings (SSSR count). The lowest BCUT2D eigenvalue weighted by atomic mass is 9.67. The molecule has 0 saturated heterocycles. The van der Waals surface area contributed by atoms with Crippen molar-refractivity contribution in [1.82, 2.24) is 0 Å². The molecule has 0 radical (unpaired) electrons. The minimum Gasteiger partial charge on any atom is -0.0622 e. The fraction of sp³-hybridized carbons (Fsp3) is 0.333. The van der Waals surface area contributed by atoms with E-state index >= 15 is 0 Å².